The Morgan fingerprint density at radius 2 is 1.09 bits per heavy atom. The van der Waals surface area contributed by atoms with Crippen LogP contribution in [0.2, 0.25) is 0 Å². The summed E-state index contributed by atoms with van der Waals surface area (Å²) in [5.41, 5.74) is 6.45. The highest BCUT2D eigenvalue weighted by molar-refractivity contribution is 6.16. The quantitative estimate of drug-likeness (QED) is 0.267. The fourth-order valence-corrected chi connectivity index (χ4v) is 4.27. The highest BCUT2D eigenvalue weighted by Crippen LogP contribution is 2.30. The summed E-state index contributed by atoms with van der Waals surface area (Å²) >= 11 is 0. The van der Waals surface area contributed by atoms with Gasteiger partial charge in [-0.15, -0.1) is 0 Å². The summed E-state index contributed by atoms with van der Waals surface area (Å²) in [5.74, 6) is -4.15. The van der Waals surface area contributed by atoms with Crippen molar-refractivity contribution in [1.29, 1.82) is 0 Å². The molecule has 174 valence electrons. The Bertz CT molecular complexity index is 1030. The van der Waals surface area contributed by atoms with Crippen LogP contribution in [-0.2, 0) is 19.2 Å². The minimum Gasteiger partial charge on any atom is -0.355 e. The molecule has 4 rings (SSSR count). The highest BCUT2D eigenvalue weighted by Gasteiger charge is 2.41. The van der Waals surface area contributed by atoms with E-state index in [0.717, 1.165) is 11.1 Å². The fourth-order valence-electron chi connectivity index (χ4n) is 4.27. The van der Waals surface area contributed by atoms with Crippen LogP contribution in [0.1, 0.15) is 23.0 Å². The van der Waals surface area contributed by atoms with Crippen LogP contribution in [0.4, 0.5) is 0 Å². The Morgan fingerprint density at radius 3 is 1.47 bits per heavy atom. The van der Waals surface area contributed by atoms with Gasteiger partial charge < -0.3 is 10.6 Å². The van der Waals surface area contributed by atoms with Gasteiger partial charge in [-0.25, -0.2) is 10.9 Å². The molecule has 0 saturated carbocycles. The van der Waals surface area contributed by atoms with Crippen LogP contribution in [0.15, 0.2) is 70.9 Å². The zero-order valence-corrected chi connectivity index (χ0v) is 18.2. The van der Waals surface area contributed by atoms with Crippen molar-refractivity contribution in [2.45, 2.75) is 11.8 Å². The second-order valence-electron chi connectivity index (χ2n) is 7.99. The molecule has 2 aliphatic heterocycles. The van der Waals surface area contributed by atoms with Gasteiger partial charge >= 0.3 is 0 Å². The first-order valence-corrected chi connectivity index (χ1v) is 10.9. The average Bonchev–Trinajstić information content (AvgIpc) is 3.44. The number of carbonyl (C=O) groups excluding carboxylic acids is 4. The van der Waals surface area contributed by atoms with E-state index in [4.69, 9.17) is 0 Å². The zero-order chi connectivity index (χ0) is 23.9. The van der Waals surface area contributed by atoms with Gasteiger partial charge in [0.05, 0.1) is 12.4 Å². The number of benzene rings is 2. The molecule has 2 saturated heterocycles. The van der Waals surface area contributed by atoms with Gasteiger partial charge in [-0.1, -0.05) is 60.7 Å². The lowest BCUT2D eigenvalue weighted by Crippen LogP contribution is -2.35. The summed E-state index contributed by atoms with van der Waals surface area (Å²) in [7, 11) is 0. The first kappa shape index (κ1) is 22.8. The number of rotatable bonds is 7. The third-order valence-corrected chi connectivity index (χ3v) is 5.95. The molecule has 0 aromatic heterocycles. The van der Waals surface area contributed by atoms with E-state index >= 15 is 0 Å². The minimum absolute atomic E-state index is 0.285. The van der Waals surface area contributed by atoms with Gasteiger partial charge in [0.1, 0.15) is 11.8 Å². The van der Waals surface area contributed by atoms with Crippen LogP contribution in [0, 0.1) is 11.8 Å². The Kier molecular flexibility index (Phi) is 7.07. The van der Waals surface area contributed by atoms with Crippen molar-refractivity contribution in [3.8, 4) is 0 Å². The molecule has 2 aromatic rings. The topological polar surface area (TPSA) is 141 Å². The van der Waals surface area contributed by atoms with Gasteiger partial charge in [0.2, 0.25) is 11.8 Å². The van der Waals surface area contributed by atoms with Crippen LogP contribution in [0.3, 0.4) is 0 Å². The Morgan fingerprint density at radius 1 is 0.706 bits per heavy atom. The van der Waals surface area contributed by atoms with Crippen molar-refractivity contribution in [2.75, 3.05) is 13.1 Å². The highest BCUT2D eigenvalue weighted by atomic mass is 16.2. The summed E-state index contributed by atoms with van der Waals surface area (Å²) in [6, 6.07) is 18.6. The van der Waals surface area contributed by atoms with Crippen LogP contribution in [0.5, 0.6) is 0 Å². The first-order chi connectivity index (χ1) is 16.6. The second-order valence-corrected chi connectivity index (χ2v) is 7.99. The van der Waals surface area contributed by atoms with Gasteiger partial charge in [-0.3, -0.25) is 19.2 Å². The molecule has 10 nitrogen and oxygen atoms in total. The van der Waals surface area contributed by atoms with Crippen LogP contribution in [0.25, 0.3) is 0 Å². The third kappa shape index (κ3) is 5.01. The number of carbonyl (C=O) groups is 4. The monoisotopic (exact) mass is 460 g/mol. The number of nitrogens with zero attached hydrogens (tertiary/aromatic N) is 2. The van der Waals surface area contributed by atoms with Gasteiger partial charge in [0.25, 0.3) is 11.8 Å². The maximum atomic E-state index is 12.5. The summed E-state index contributed by atoms with van der Waals surface area (Å²) < 4.78 is 0. The third-order valence-electron chi connectivity index (χ3n) is 5.95. The summed E-state index contributed by atoms with van der Waals surface area (Å²) in [6.45, 7) is 0.744. The standard InChI is InChI=1S/C24H24N6O4/c31-21-19(17(13-25-21)15-7-3-1-4-8-15)23(33)29-27-11-12-28-30-24(34)20-18(14-26-22(20)32)16-9-5-2-6-10-16/h1-12,17-20H,13-14H2,(H,25,31)(H,26,32)(H,29,33)(H,30,34)/b27-11+,28-12+. The molecule has 4 atom stereocenters. The molecule has 0 aliphatic carbocycles. The molecule has 2 aliphatic rings. The van der Waals surface area contributed by atoms with Gasteiger partial charge in [-0.2, -0.15) is 10.2 Å². The molecule has 2 fully saturated rings. The van der Waals surface area contributed by atoms with Crippen molar-refractivity contribution in [3.63, 3.8) is 0 Å². The molecule has 4 unspecified atom stereocenters. The van der Waals surface area contributed by atoms with Crippen LogP contribution in [-0.4, -0.2) is 49.1 Å². The number of hydrogen-bond donors (Lipinski definition) is 4. The van der Waals surface area contributed by atoms with Crippen molar-refractivity contribution < 1.29 is 19.2 Å². The predicted molar refractivity (Wildman–Crippen MR) is 125 cm³/mol. The molecular weight excluding hydrogens is 436 g/mol. The van der Waals surface area contributed by atoms with Crippen LogP contribution >= 0.6 is 0 Å². The molecule has 4 N–H and O–H groups in total. The molecule has 0 spiro atoms. The van der Waals surface area contributed by atoms with E-state index in [9.17, 15) is 19.2 Å². The van der Waals surface area contributed by atoms with E-state index in [1.165, 1.54) is 12.4 Å². The number of nitrogens with one attached hydrogen (secondary N) is 4. The lowest BCUT2D eigenvalue weighted by molar-refractivity contribution is -0.135. The molecule has 2 aromatic carbocycles. The molecule has 4 amide bonds. The maximum absolute atomic E-state index is 12.5. The van der Waals surface area contributed by atoms with Gasteiger partial charge in [0.15, 0.2) is 0 Å². The zero-order valence-electron chi connectivity index (χ0n) is 18.2. The van der Waals surface area contributed by atoms with E-state index in [1.54, 1.807) is 0 Å². The van der Waals surface area contributed by atoms with Gasteiger partial charge in [0, 0.05) is 24.9 Å². The largest absolute Gasteiger partial charge is 0.355 e. The van der Waals surface area contributed by atoms with Crippen molar-refractivity contribution in [2.24, 2.45) is 22.0 Å². The minimum atomic E-state index is -0.896. The predicted octanol–water partition coefficient (Wildman–Crippen LogP) is 0.250. The lowest BCUT2D eigenvalue weighted by Gasteiger charge is -2.15. The summed E-state index contributed by atoms with van der Waals surface area (Å²) in [5, 5.41) is 13.0. The Labute approximate surface area is 195 Å². The normalized spacial score (nSPS) is 24.2. The summed E-state index contributed by atoms with van der Waals surface area (Å²) in [4.78, 5) is 49.4. The molecule has 10 heteroatoms. The maximum Gasteiger partial charge on any atom is 0.253 e. The van der Waals surface area contributed by atoms with Crippen LogP contribution < -0.4 is 21.5 Å². The smallest absolute Gasteiger partial charge is 0.253 e. The van der Waals surface area contributed by atoms with Gasteiger partial charge in [-0.05, 0) is 11.1 Å². The number of hydrazone groups is 2. The summed E-state index contributed by atoms with van der Waals surface area (Å²) in [6.07, 6.45) is 2.35. The van der Waals surface area contributed by atoms with E-state index in [0.29, 0.717) is 13.1 Å². The Balaban J connectivity index is 1.29. The second kappa shape index (κ2) is 10.5. The van der Waals surface area contributed by atoms with Crippen molar-refractivity contribution in [1.82, 2.24) is 21.5 Å². The molecular formula is C24H24N6O4. The van der Waals surface area contributed by atoms with Crippen molar-refractivity contribution in [3.05, 3.63) is 71.8 Å². The number of amides is 4. The Hall–Kier alpha value is -4.34. The average molecular weight is 460 g/mol. The molecule has 2 heterocycles. The first-order valence-electron chi connectivity index (χ1n) is 10.9. The van der Waals surface area contributed by atoms with E-state index in [2.05, 4.69) is 31.7 Å². The molecule has 0 bridgehead atoms. The number of hydrogen-bond acceptors (Lipinski definition) is 6. The van der Waals surface area contributed by atoms with E-state index < -0.39 is 23.7 Å². The fraction of sp³-hybridized carbons (Fsp3) is 0.250. The van der Waals surface area contributed by atoms with E-state index in [1.807, 2.05) is 60.7 Å². The molecule has 34 heavy (non-hydrogen) atoms. The van der Waals surface area contributed by atoms with Crippen molar-refractivity contribution >= 4 is 36.1 Å². The SMILES string of the molecule is O=C1NCC(c2ccccc2)C1C(=O)N/N=C/C=N/NC(=O)C1C(=O)NCC1c1ccccc1. The van der Waals surface area contributed by atoms with E-state index in [-0.39, 0.29) is 23.7 Å². The molecule has 0 radical (unpaired) electrons. The lowest BCUT2D eigenvalue weighted by atomic mass is 9.88.